The van der Waals surface area contributed by atoms with Gasteiger partial charge in [0, 0.05) is 10.8 Å². The van der Waals surface area contributed by atoms with E-state index in [2.05, 4.69) is 55.4 Å². The minimum atomic E-state index is -0.608. The second-order valence-corrected chi connectivity index (χ2v) is 12.4. The summed E-state index contributed by atoms with van der Waals surface area (Å²) in [7, 11) is 0. The Bertz CT molecular complexity index is 526. The van der Waals surface area contributed by atoms with Gasteiger partial charge in [0.05, 0.1) is 0 Å². The molecule has 0 aliphatic heterocycles. The van der Waals surface area contributed by atoms with Crippen molar-refractivity contribution >= 4 is 63.3 Å². The Balaban J connectivity index is 0. The van der Waals surface area contributed by atoms with E-state index in [1.807, 2.05) is 13.8 Å². The van der Waals surface area contributed by atoms with Gasteiger partial charge in [-0.25, -0.2) is 0 Å². The van der Waals surface area contributed by atoms with Gasteiger partial charge in [0.25, 0.3) is 0 Å². The third-order valence-corrected chi connectivity index (χ3v) is 7.65. The molecule has 0 fully saturated rings. The Hall–Kier alpha value is 0.576. The van der Waals surface area contributed by atoms with Crippen LogP contribution in [0.1, 0.15) is 153 Å². The van der Waals surface area contributed by atoms with E-state index in [4.69, 9.17) is 9.47 Å². The summed E-state index contributed by atoms with van der Waals surface area (Å²) >= 11 is 0. The molecule has 0 aliphatic rings. The van der Waals surface area contributed by atoms with Gasteiger partial charge in [-0.15, -0.1) is 0 Å². The summed E-state index contributed by atoms with van der Waals surface area (Å²) in [6.07, 6.45) is 12.9. The predicted molar refractivity (Wildman–Crippen MR) is 146 cm³/mol. The van der Waals surface area contributed by atoms with Crippen molar-refractivity contribution in [3.63, 3.8) is 0 Å². The molecule has 0 spiro atoms. The summed E-state index contributed by atoms with van der Waals surface area (Å²) in [6.45, 7) is 21.0. The van der Waals surface area contributed by atoms with Crippen LogP contribution in [0.3, 0.4) is 0 Å². The van der Waals surface area contributed by atoms with Gasteiger partial charge in [-0.3, -0.25) is 9.59 Å². The van der Waals surface area contributed by atoms with Crippen LogP contribution in [0.4, 0.5) is 0 Å². The number of hydrogen-bond acceptors (Lipinski definition) is 4. The molecule has 34 heavy (non-hydrogen) atoms. The first kappa shape index (κ1) is 36.7. The Morgan fingerprint density at radius 3 is 1.09 bits per heavy atom. The van der Waals surface area contributed by atoms with Crippen LogP contribution in [0.2, 0.25) is 0 Å². The molecule has 5 heteroatoms. The number of unbranched alkanes of at least 4 members (excludes halogenated alkanes) is 8. The number of rotatable bonds is 16. The maximum absolute atomic E-state index is 12.8. The molecule has 0 rings (SSSR count). The molecule has 0 aromatic rings. The van der Waals surface area contributed by atoms with Gasteiger partial charge in [0.2, 0.25) is 0 Å². The van der Waals surface area contributed by atoms with E-state index >= 15 is 0 Å². The van der Waals surface area contributed by atoms with E-state index in [-0.39, 0.29) is 68.6 Å². The summed E-state index contributed by atoms with van der Waals surface area (Å²) in [5.74, 6) is -0.963. The van der Waals surface area contributed by atoms with Crippen LogP contribution in [0, 0.1) is 10.8 Å². The number of carbonyl (C=O) groups is 2. The van der Waals surface area contributed by atoms with Gasteiger partial charge < -0.3 is 9.47 Å². The molecule has 0 amide bonds. The average molecular weight is 509 g/mol. The quantitative estimate of drug-likeness (QED) is 0.0913. The molecule has 0 heterocycles. The SMILES string of the molecule is CCCCCCCC(C)(OC(=O)CC(=O)OC(C)(CCCCCCC)C(C)(C)C)C(C)(C)C.[KH]. The molecule has 198 valence electrons. The van der Waals surface area contributed by atoms with Crippen molar-refractivity contribution < 1.29 is 19.1 Å². The molecule has 4 nitrogen and oxygen atoms in total. The molecular formula is C29H57KO4. The standard InChI is InChI=1S/C29H56O4.K.H/c1-11-13-15-17-19-21-28(9,26(3,4)5)32-24(30)23-25(31)33-29(10,27(6,7)8)22-20-18-16-14-12-2;;/h11-23H2,1-10H3;;. The van der Waals surface area contributed by atoms with E-state index < -0.39 is 23.1 Å². The first-order chi connectivity index (χ1) is 15.1. The van der Waals surface area contributed by atoms with Crippen molar-refractivity contribution in [3.05, 3.63) is 0 Å². The van der Waals surface area contributed by atoms with Gasteiger partial charge in [-0.2, -0.15) is 0 Å². The van der Waals surface area contributed by atoms with Crippen LogP contribution < -0.4 is 0 Å². The Morgan fingerprint density at radius 1 is 0.529 bits per heavy atom. The maximum atomic E-state index is 12.8. The monoisotopic (exact) mass is 508 g/mol. The predicted octanol–water partition coefficient (Wildman–Crippen LogP) is 8.15. The number of esters is 2. The van der Waals surface area contributed by atoms with E-state index in [9.17, 15) is 9.59 Å². The molecule has 0 radical (unpaired) electrons. The van der Waals surface area contributed by atoms with Crippen molar-refractivity contribution in [1.82, 2.24) is 0 Å². The van der Waals surface area contributed by atoms with Crippen molar-refractivity contribution in [1.29, 1.82) is 0 Å². The normalized spacial score (nSPS) is 15.6. The Labute approximate surface area is 254 Å². The first-order valence-corrected chi connectivity index (χ1v) is 13.6. The zero-order valence-electron chi connectivity index (χ0n) is 23.8. The van der Waals surface area contributed by atoms with Gasteiger partial charge in [0.1, 0.15) is 17.6 Å². The molecule has 0 N–H and O–H groups in total. The van der Waals surface area contributed by atoms with Crippen molar-refractivity contribution in [2.45, 2.75) is 164 Å². The second-order valence-electron chi connectivity index (χ2n) is 12.4. The summed E-state index contributed by atoms with van der Waals surface area (Å²) < 4.78 is 11.9. The summed E-state index contributed by atoms with van der Waals surface area (Å²) in [6, 6.07) is 0. The van der Waals surface area contributed by atoms with Crippen molar-refractivity contribution in [3.8, 4) is 0 Å². The third kappa shape index (κ3) is 13.8. The van der Waals surface area contributed by atoms with Crippen molar-refractivity contribution in [2.24, 2.45) is 10.8 Å². The fourth-order valence-corrected chi connectivity index (χ4v) is 3.98. The summed E-state index contributed by atoms with van der Waals surface area (Å²) in [5.41, 5.74) is -1.64. The van der Waals surface area contributed by atoms with Crippen LogP contribution in [-0.2, 0) is 19.1 Å². The molecular weight excluding hydrogens is 451 g/mol. The van der Waals surface area contributed by atoms with E-state index in [0.29, 0.717) is 0 Å². The third-order valence-electron chi connectivity index (χ3n) is 7.65. The summed E-state index contributed by atoms with van der Waals surface area (Å²) in [5, 5.41) is 0. The van der Waals surface area contributed by atoms with Crippen LogP contribution in [-0.4, -0.2) is 74.5 Å². The van der Waals surface area contributed by atoms with E-state index in [1.165, 1.54) is 38.5 Å². The molecule has 0 aromatic heterocycles. The Morgan fingerprint density at radius 2 is 0.824 bits per heavy atom. The molecule has 0 aliphatic carbocycles. The average Bonchev–Trinajstić information content (AvgIpc) is 2.65. The fraction of sp³-hybridized carbons (Fsp3) is 0.931. The van der Waals surface area contributed by atoms with Gasteiger partial charge >= 0.3 is 63.3 Å². The van der Waals surface area contributed by atoms with Gasteiger partial charge in [-0.1, -0.05) is 107 Å². The van der Waals surface area contributed by atoms with Gasteiger partial charge in [0.15, 0.2) is 0 Å². The fourth-order valence-electron chi connectivity index (χ4n) is 3.98. The van der Waals surface area contributed by atoms with Crippen LogP contribution in [0.5, 0.6) is 0 Å². The van der Waals surface area contributed by atoms with Crippen LogP contribution in [0.15, 0.2) is 0 Å². The second kappa shape index (κ2) is 17.2. The number of carbonyl (C=O) groups excluding carboxylic acids is 2. The minimum absolute atomic E-state index is 0. The molecule has 0 saturated carbocycles. The molecule has 2 atom stereocenters. The zero-order valence-corrected chi connectivity index (χ0v) is 23.8. The molecule has 0 saturated heterocycles. The zero-order chi connectivity index (χ0) is 25.8. The first-order valence-electron chi connectivity index (χ1n) is 13.6. The summed E-state index contributed by atoms with van der Waals surface area (Å²) in [4.78, 5) is 25.6. The Kier molecular flexibility index (Phi) is 18.5. The molecule has 0 bridgehead atoms. The van der Waals surface area contributed by atoms with Gasteiger partial charge in [-0.05, 0) is 39.5 Å². The number of hydrogen-bond donors (Lipinski definition) is 0. The van der Waals surface area contributed by atoms with E-state index in [0.717, 1.165) is 38.5 Å². The van der Waals surface area contributed by atoms with Crippen LogP contribution in [0.25, 0.3) is 0 Å². The van der Waals surface area contributed by atoms with E-state index in [1.54, 1.807) is 0 Å². The van der Waals surface area contributed by atoms with Crippen LogP contribution >= 0.6 is 0 Å². The topological polar surface area (TPSA) is 52.6 Å². The van der Waals surface area contributed by atoms with Crippen molar-refractivity contribution in [2.75, 3.05) is 0 Å². The molecule has 2 unspecified atom stereocenters. The molecule has 0 aromatic carbocycles. The number of ether oxygens (including phenoxy) is 2.